The topological polar surface area (TPSA) is 52.9 Å². The molecule has 0 aromatic heterocycles. The fourth-order valence-electron chi connectivity index (χ4n) is 1.98. The fraction of sp³-hybridized carbons (Fsp3) is 0.222. The van der Waals surface area contributed by atoms with Gasteiger partial charge in [-0.1, -0.05) is 18.2 Å². The molecule has 2 rings (SSSR count). The first-order valence-electron chi connectivity index (χ1n) is 7.50. The van der Waals surface area contributed by atoms with Crippen LogP contribution >= 0.6 is 23.5 Å². The average molecular weight is 378 g/mol. The van der Waals surface area contributed by atoms with Crippen molar-refractivity contribution in [2.75, 3.05) is 18.1 Å². The van der Waals surface area contributed by atoms with Crippen LogP contribution in [0.15, 0.2) is 47.4 Å². The highest BCUT2D eigenvalue weighted by molar-refractivity contribution is 8.00. The van der Waals surface area contributed by atoms with E-state index in [1.807, 2.05) is 18.2 Å². The van der Waals surface area contributed by atoms with Gasteiger partial charge in [-0.15, -0.1) is 11.8 Å². The van der Waals surface area contributed by atoms with Gasteiger partial charge in [0.05, 0.1) is 17.4 Å². The Hall–Kier alpha value is -2.04. The Bertz CT molecular complexity index is 778. The number of benzene rings is 2. The minimum Gasteiger partial charge on any atom is -0.355 e. The summed E-state index contributed by atoms with van der Waals surface area (Å²) in [5.41, 5.74) is 1.63. The Morgan fingerprint density at radius 2 is 2.00 bits per heavy atom. The number of nitrogens with one attached hydrogen (secondary N) is 1. The van der Waals surface area contributed by atoms with Crippen LogP contribution in [0, 0.1) is 23.0 Å². The predicted octanol–water partition coefficient (Wildman–Crippen LogP) is 3.98. The number of rotatable bonds is 8. The number of carbonyl (C=O) groups is 1. The lowest BCUT2D eigenvalue weighted by molar-refractivity contribution is -0.118. The smallest absolute Gasteiger partial charge is 0.230 e. The number of nitrogens with zero attached hydrogens (tertiary/aromatic N) is 1. The van der Waals surface area contributed by atoms with Gasteiger partial charge in [0.15, 0.2) is 0 Å². The minimum atomic E-state index is -0.536. The Balaban J connectivity index is 1.66. The number of carbonyl (C=O) groups excluding carboxylic acids is 1. The largest absolute Gasteiger partial charge is 0.355 e. The first-order valence-corrected chi connectivity index (χ1v) is 9.64. The van der Waals surface area contributed by atoms with E-state index in [1.165, 1.54) is 0 Å². The van der Waals surface area contributed by atoms with Gasteiger partial charge in [-0.05, 0) is 29.8 Å². The summed E-state index contributed by atoms with van der Waals surface area (Å²) in [6.07, 6.45) is 0. The molecule has 0 bridgehead atoms. The zero-order chi connectivity index (χ0) is 18.1. The molecule has 0 aliphatic carbocycles. The number of hydrogen-bond acceptors (Lipinski definition) is 4. The molecule has 0 unspecified atom stereocenters. The molecule has 130 valence electrons. The molecule has 2 aromatic carbocycles. The summed E-state index contributed by atoms with van der Waals surface area (Å²) >= 11 is 2.58. The molecular weight excluding hydrogens is 362 g/mol. The zero-order valence-corrected chi connectivity index (χ0v) is 14.9. The SMILES string of the molecule is N#Cc1ccccc1CSCCNC(=O)CSc1cc(F)ccc1F. The molecule has 0 heterocycles. The Morgan fingerprint density at radius 1 is 1.20 bits per heavy atom. The van der Waals surface area contributed by atoms with Crippen molar-refractivity contribution in [1.29, 1.82) is 5.26 Å². The normalized spacial score (nSPS) is 10.3. The molecule has 0 aliphatic heterocycles. The van der Waals surface area contributed by atoms with Gasteiger partial charge in [0.1, 0.15) is 11.6 Å². The average Bonchev–Trinajstić information content (AvgIpc) is 2.62. The third-order valence-electron chi connectivity index (χ3n) is 3.22. The van der Waals surface area contributed by atoms with Crippen LogP contribution in [0.5, 0.6) is 0 Å². The third kappa shape index (κ3) is 6.40. The fourth-order valence-corrected chi connectivity index (χ4v) is 3.64. The van der Waals surface area contributed by atoms with E-state index in [-0.39, 0.29) is 16.6 Å². The summed E-state index contributed by atoms with van der Waals surface area (Å²) in [5.74, 6) is 0.131. The van der Waals surface area contributed by atoms with Gasteiger partial charge in [-0.3, -0.25) is 4.79 Å². The maximum Gasteiger partial charge on any atom is 0.230 e. The van der Waals surface area contributed by atoms with Crippen molar-refractivity contribution in [3.8, 4) is 6.07 Å². The molecule has 0 saturated heterocycles. The molecular formula is C18H16F2N2OS2. The van der Waals surface area contributed by atoms with E-state index in [0.717, 1.165) is 35.5 Å². The molecule has 0 atom stereocenters. The number of halogens is 2. The van der Waals surface area contributed by atoms with E-state index < -0.39 is 11.6 Å². The van der Waals surface area contributed by atoms with E-state index in [1.54, 1.807) is 17.8 Å². The highest BCUT2D eigenvalue weighted by Gasteiger charge is 2.08. The van der Waals surface area contributed by atoms with Crippen LogP contribution in [0.1, 0.15) is 11.1 Å². The molecule has 3 nitrogen and oxygen atoms in total. The van der Waals surface area contributed by atoms with Crippen molar-refractivity contribution in [2.45, 2.75) is 10.6 Å². The zero-order valence-electron chi connectivity index (χ0n) is 13.3. The quantitative estimate of drug-likeness (QED) is 0.558. The Kier molecular flexibility index (Phi) is 7.76. The molecule has 7 heteroatoms. The molecule has 2 aromatic rings. The van der Waals surface area contributed by atoms with Crippen LogP contribution < -0.4 is 5.32 Å². The third-order valence-corrected chi connectivity index (χ3v) is 5.25. The molecule has 0 aliphatic rings. The second kappa shape index (κ2) is 10.1. The maximum absolute atomic E-state index is 13.5. The van der Waals surface area contributed by atoms with Gasteiger partial charge >= 0.3 is 0 Å². The van der Waals surface area contributed by atoms with Crippen molar-refractivity contribution in [1.82, 2.24) is 5.32 Å². The van der Waals surface area contributed by atoms with Crippen molar-refractivity contribution >= 4 is 29.4 Å². The summed E-state index contributed by atoms with van der Waals surface area (Å²) in [4.78, 5) is 11.9. The van der Waals surface area contributed by atoms with Crippen LogP contribution in [0.3, 0.4) is 0 Å². The highest BCUT2D eigenvalue weighted by atomic mass is 32.2. The van der Waals surface area contributed by atoms with Crippen LogP contribution in [-0.2, 0) is 10.5 Å². The molecule has 0 fully saturated rings. The minimum absolute atomic E-state index is 0.0301. The number of nitriles is 1. The number of thioether (sulfide) groups is 2. The van der Waals surface area contributed by atoms with Crippen molar-refractivity contribution in [3.05, 3.63) is 65.2 Å². The number of amides is 1. The van der Waals surface area contributed by atoms with Gasteiger partial charge < -0.3 is 5.32 Å². The maximum atomic E-state index is 13.5. The molecule has 25 heavy (non-hydrogen) atoms. The van der Waals surface area contributed by atoms with Gasteiger partial charge in [0, 0.05) is 22.9 Å². The second-order valence-corrected chi connectivity index (χ2v) is 7.16. The van der Waals surface area contributed by atoms with Crippen molar-refractivity contribution in [2.24, 2.45) is 0 Å². The van der Waals surface area contributed by atoms with Crippen molar-refractivity contribution < 1.29 is 13.6 Å². The van der Waals surface area contributed by atoms with E-state index in [4.69, 9.17) is 5.26 Å². The lowest BCUT2D eigenvalue weighted by Crippen LogP contribution is -2.27. The van der Waals surface area contributed by atoms with Crippen LogP contribution in [0.25, 0.3) is 0 Å². The molecule has 1 amide bonds. The van der Waals surface area contributed by atoms with Gasteiger partial charge in [0.2, 0.25) is 5.91 Å². The second-order valence-electron chi connectivity index (χ2n) is 5.03. The van der Waals surface area contributed by atoms with E-state index in [2.05, 4.69) is 11.4 Å². The standard InChI is InChI=1S/C18H16F2N2OS2/c19-15-5-6-16(20)17(9-15)25-12-18(23)22-7-8-24-11-14-4-2-1-3-13(14)10-21/h1-6,9H,7-8,11-12H2,(H,22,23). The first kappa shape index (κ1) is 19.3. The van der Waals surface area contributed by atoms with Crippen LogP contribution in [0.2, 0.25) is 0 Å². The van der Waals surface area contributed by atoms with Gasteiger partial charge in [0.25, 0.3) is 0 Å². The summed E-state index contributed by atoms with van der Waals surface area (Å²) < 4.78 is 26.5. The summed E-state index contributed by atoms with van der Waals surface area (Å²) in [6.45, 7) is 0.477. The van der Waals surface area contributed by atoms with E-state index in [9.17, 15) is 13.6 Å². The van der Waals surface area contributed by atoms with E-state index in [0.29, 0.717) is 23.6 Å². The van der Waals surface area contributed by atoms with Gasteiger partial charge in [-0.25, -0.2) is 8.78 Å². The molecule has 0 radical (unpaired) electrons. The highest BCUT2D eigenvalue weighted by Crippen LogP contribution is 2.22. The summed E-state index contributed by atoms with van der Waals surface area (Å²) in [5, 5.41) is 11.8. The lowest BCUT2D eigenvalue weighted by atomic mass is 10.1. The first-order chi connectivity index (χ1) is 12.1. The number of hydrogen-bond donors (Lipinski definition) is 1. The Labute approximate surface area is 153 Å². The van der Waals surface area contributed by atoms with Crippen LogP contribution in [-0.4, -0.2) is 24.0 Å². The monoisotopic (exact) mass is 378 g/mol. The lowest BCUT2D eigenvalue weighted by Gasteiger charge is -2.07. The van der Waals surface area contributed by atoms with Crippen LogP contribution in [0.4, 0.5) is 8.78 Å². The predicted molar refractivity (Wildman–Crippen MR) is 97.4 cm³/mol. The summed E-state index contributed by atoms with van der Waals surface area (Å²) in [6, 6.07) is 12.7. The van der Waals surface area contributed by atoms with Crippen molar-refractivity contribution in [3.63, 3.8) is 0 Å². The van der Waals surface area contributed by atoms with Gasteiger partial charge in [-0.2, -0.15) is 17.0 Å². The summed E-state index contributed by atoms with van der Waals surface area (Å²) in [7, 11) is 0. The van der Waals surface area contributed by atoms with E-state index >= 15 is 0 Å². The molecule has 0 saturated carbocycles. The molecule has 0 spiro atoms. The Morgan fingerprint density at radius 3 is 2.80 bits per heavy atom. The molecule has 1 N–H and O–H groups in total.